The molecule has 0 fully saturated rings. The van der Waals surface area contributed by atoms with E-state index >= 15 is 0 Å². The Balaban J connectivity index is 2.70. The molecule has 3 heteroatoms. The fraction of sp³-hybridized carbons (Fsp3) is 0.667. The van der Waals surface area contributed by atoms with Gasteiger partial charge in [0.25, 0.3) is 0 Å². The molecule has 0 atom stereocenters. The first-order chi connectivity index (χ1) is 4.10. The highest BCUT2D eigenvalue weighted by Crippen LogP contribution is 2.12. The largest absolute Gasteiger partial charge is 0.365 e. The van der Waals surface area contributed by atoms with Crippen molar-refractivity contribution in [3.05, 3.63) is 11.9 Å². The summed E-state index contributed by atoms with van der Waals surface area (Å²) in [5, 5.41) is 11.0. The Hall–Kier alpha value is -0.860. The average Bonchev–Trinajstić information content (AvgIpc) is 1.78. The van der Waals surface area contributed by atoms with Crippen LogP contribution in [0.25, 0.3) is 0 Å². The highest BCUT2D eigenvalue weighted by atomic mass is 15.3. The van der Waals surface area contributed by atoms with Gasteiger partial charge in [-0.2, -0.15) is 10.2 Å². The van der Waals surface area contributed by atoms with Crippen LogP contribution >= 0.6 is 0 Å². The highest BCUT2D eigenvalue weighted by molar-refractivity contribution is 4.99. The van der Waals surface area contributed by atoms with Crippen LogP contribution in [-0.4, -0.2) is 5.66 Å². The zero-order valence-electron chi connectivity index (χ0n) is 5.97. The molecule has 0 aromatic carbocycles. The van der Waals surface area contributed by atoms with Crippen molar-refractivity contribution in [1.29, 1.82) is 0 Å². The molecule has 0 spiro atoms. The molecule has 0 amide bonds. The van der Waals surface area contributed by atoms with E-state index in [-0.39, 0.29) is 5.66 Å². The molecule has 1 N–H and O–H groups in total. The Bertz CT molecular complexity index is 167. The van der Waals surface area contributed by atoms with Gasteiger partial charge in [-0.1, -0.05) is 0 Å². The number of hydrogen-bond donors (Lipinski definition) is 1. The fourth-order valence-electron chi connectivity index (χ4n) is 0.543. The summed E-state index contributed by atoms with van der Waals surface area (Å²) in [7, 11) is 0. The molecule has 50 valence electrons. The van der Waals surface area contributed by atoms with Crippen LogP contribution < -0.4 is 5.32 Å². The van der Waals surface area contributed by atoms with Gasteiger partial charge < -0.3 is 5.32 Å². The summed E-state index contributed by atoms with van der Waals surface area (Å²) >= 11 is 0. The topological polar surface area (TPSA) is 36.8 Å². The minimum Gasteiger partial charge on any atom is -0.365 e. The molecule has 0 unspecified atom stereocenters. The second-order valence-corrected chi connectivity index (χ2v) is 2.69. The van der Waals surface area contributed by atoms with Crippen molar-refractivity contribution >= 4 is 0 Å². The van der Waals surface area contributed by atoms with E-state index in [9.17, 15) is 0 Å². The zero-order chi connectivity index (χ0) is 6.91. The maximum Gasteiger partial charge on any atom is 0.144 e. The molecule has 0 aromatic heterocycles. The first kappa shape index (κ1) is 6.26. The van der Waals surface area contributed by atoms with E-state index in [2.05, 4.69) is 15.5 Å². The maximum absolute atomic E-state index is 3.99. The van der Waals surface area contributed by atoms with Gasteiger partial charge in [0.1, 0.15) is 5.66 Å². The molecule has 0 aliphatic carbocycles. The summed E-state index contributed by atoms with van der Waals surface area (Å²) in [5.74, 6) is 0. The molecule has 1 aliphatic rings. The molecule has 0 radical (unpaired) electrons. The van der Waals surface area contributed by atoms with E-state index in [0.29, 0.717) is 0 Å². The Morgan fingerprint density at radius 1 is 1.56 bits per heavy atom. The van der Waals surface area contributed by atoms with Crippen LogP contribution in [-0.2, 0) is 0 Å². The van der Waals surface area contributed by atoms with Crippen molar-refractivity contribution in [2.75, 3.05) is 0 Å². The molecule has 1 aliphatic heterocycles. The third-order valence-electron chi connectivity index (χ3n) is 1.09. The monoisotopic (exact) mass is 125 g/mol. The smallest absolute Gasteiger partial charge is 0.144 e. The van der Waals surface area contributed by atoms with E-state index in [4.69, 9.17) is 0 Å². The lowest BCUT2D eigenvalue weighted by Crippen LogP contribution is -2.34. The fourth-order valence-corrected chi connectivity index (χ4v) is 0.543. The third-order valence-corrected chi connectivity index (χ3v) is 1.09. The Morgan fingerprint density at radius 2 is 2.22 bits per heavy atom. The van der Waals surface area contributed by atoms with Crippen LogP contribution in [0.2, 0.25) is 0 Å². The number of nitrogens with zero attached hydrogens (tertiary/aromatic N) is 2. The summed E-state index contributed by atoms with van der Waals surface area (Å²) in [6.07, 6.45) is 1.87. The van der Waals surface area contributed by atoms with Crippen molar-refractivity contribution in [3.63, 3.8) is 0 Å². The summed E-state index contributed by atoms with van der Waals surface area (Å²) in [6.45, 7) is 5.85. The molecule has 3 nitrogen and oxygen atoms in total. The Labute approximate surface area is 54.9 Å². The van der Waals surface area contributed by atoms with Crippen LogP contribution in [0.1, 0.15) is 20.8 Å². The summed E-state index contributed by atoms with van der Waals surface area (Å²) in [5.41, 5.74) is 0.716. The summed E-state index contributed by atoms with van der Waals surface area (Å²) in [4.78, 5) is 0. The first-order valence-electron chi connectivity index (χ1n) is 2.97. The molecular formula is C6H11N3. The van der Waals surface area contributed by atoms with Gasteiger partial charge in [0, 0.05) is 6.20 Å². The second kappa shape index (κ2) is 1.83. The van der Waals surface area contributed by atoms with E-state index in [1.807, 2.05) is 27.0 Å². The Kier molecular flexibility index (Phi) is 1.27. The van der Waals surface area contributed by atoms with Crippen LogP contribution in [0.3, 0.4) is 0 Å². The van der Waals surface area contributed by atoms with Crippen LogP contribution in [0.15, 0.2) is 22.1 Å². The van der Waals surface area contributed by atoms with Crippen molar-refractivity contribution in [1.82, 2.24) is 5.32 Å². The van der Waals surface area contributed by atoms with Crippen LogP contribution in [0.5, 0.6) is 0 Å². The minimum absolute atomic E-state index is 0.209. The van der Waals surface area contributed by atoms with E-state index in [1.54, 1.807) is 0 Å². The number of nitrogens with one attached hydrogen (secondary N) is 1. The van der Waals surface area contributed by atoms with Gasteiger partial charge in [-0.25, -0.2) is 0 Å². The van der Waals surface area contributed by atoms with Gasteiger partial charge in [-0.3, -0.25) is 0 Å². The molecule has 0 saturated carbocycles. The summed E-state index contributed by atoms with van der Waals surface area (Å²) < 4.78 is 0. The lowest BCUT2D eigenvalue weighted by atomic mass is 10.2. The maximum atomic E-state index is 3.99. The normalized spacial score (nSPS) is 22.8. The number of azo groups is 1. The predicted molar refractivity (Wildman–Crippen MR) is 35.8 cm³/mol. The first-order valence-corrected chi connectivity index (χ1v) is 2.97. The van der Waals surface area contributed by atoms with Gasteiger partial charge in [-0.15, -0.1) is 0 Å². The van der Waals surface area contributed by atoms with Crippen molar-refractivity contribution in [2.45, 2.75) is 26.4 Å². The number of hydrogen-bond acceptors (Lipinski definition) is 3. The molecular weight excluding hydrogens is 114 g/mol. The van der Waals surface area contributed by atoms with Crippen LogP contribution in [0, 0.1) is 0 Å². The minimum atomic E-state index is -0.209. The number of allylic oxidation sites excluding steroid dienone is 1. The molecule has 9 heavy (non-hydrogen) atoms. The third kappa shape index (κ3) is 1.52. The molecule has 0 bridgehead atoms. The Morgan fingerprint density at radius 3 is 2.56 bits per heavy atom. The zero-order valence-corrected chi connectivity index (χ0v) is 5.97. The molecule has 1 rings (SSSR count). The van der Waals surface area contributed by atoms with Crippen LogP contribution in [0.4, 0.5) is 0 Å². The average molecular weight is 125 g/mol. The lowest BCUT2D eigenvalue weighted by Gasteiger charge is -2.21. The number of rotatable bonds is 0. The van der Waals surface area contributed by atoms with E-state index in [0.717, 1.165) is 5.70 Å². The predicted octanol–water partition coefficient (Wildman–Crippen LogP) is 1.64. The van der Waals surface area contributed by atoms with Crippen molar-refractivity contribution < 1.29 is 0 Å². The quantitative estimate of drug-likeness (QED) is 0.525. The highest BCUT2D eigenvalue weighted by Gasteiger charge is 2.15. The van der Waals surface area contributed by atoms with Crippen molar-refractivity contribution in [2.24, 2.45) is 10.2 Å². The SMILES string of the molecule is CC1=CNC(C)(C)N=N1. The van der Waals surface area contributed by atoms with Gasteiger partial charge >= 0.3 is 0 Å². The second-order valence-electron chi connectivity index (χ2n) is 2.69. The molecule has 0 saturated heterocycles. The van der Waals surface area contributed by atoms with Gasteiger partial charge in [-0.05, 0) is 20.8 Å². The standard InChI is InChI=1S/C6H11N3/c1-5-4-7-6(2,3)9-8-5/h4,7H,1-3H3. The van der Waals surface area contributed by atoms with Gasteiger partial charge in [0.2, 0.25) is 0 Å². The lowest BCUT2D eigenvalue weighted by molar-refractivity contribution is 0.426. The van der Waals surface area contributed by atoms with Gasteiger partial charge in [0.05, 0.1) is 5.70 Å². The van der Waals surface area contributed by atoms with Gasteiger partial charge in [0.15, 0.2) is 0 Å². The van der Waals surface area contributed by atoms with Crippen molar-refractivity contribution in [3.8, 4) is 0 Å². The summed E-state index contributed by atoms with van der Waals surface area (Å²) in [6, 6.07) is 0. The molecule has 0 aromatic rings. The van der Waals surface area contributed by atoms with E-state index < -0.39 is 0 Å². The molecule has 1 heterocycles. The van der Waals surface area contributed by atoms with E-state index in [1.165, 1.54) is 0 Å².